The minimum Gasteiger partial charge on any atom is -0.483 e. The first-order valence-electron chi connectivity index (χ1n) is 11.2. The molecule has 3 rings (SSSR count). The summed E-state index contributed by atoms with van der Waals surface area (Å²) in [5.74, 6) is -0.768. The number of anilines is 1. The molecule has 10 nitrogen and oxygen atoms in total. The van der Waals surface area contributed by atoms with Gasteiger partial charge < -0.3 is 26.0 Å². The van der Waals surface area contributed by atoms with Gasteiger partial charge in [-0.2, -0.15) is 0 Å². The van der Waals surface area contributed by atoms with Crippen LogP contribution < -0.4 is 16.0 Å². The molecule has 2 aromatic rings. The summed E-state index contributed by atoms with van der Waals surface area (Å²) < 4.78 is 0. The number of amides is 3. The third kappa shape index (κ3) is 6.74. The minimum absolute atomic E-state index is 0.0993. The number of fused-ring (bicyclic) bond motifs is 1. The van der Waals surface area contributed by atoms with Gasteiger partial charge in [-0.05, 0) is 57.0 Å². The molecular weight excluding hydrogens is 438 g/mol. The molecule has 184 valence electrons. The number of likely N-dealkylation sites (tertiary alicyclic amines) is 1. The molecule has 10 heteroatoms. The van der Waals surface area contributed by atoms with E-state index >= 15 is 0 Å². The van der Waals surface area contributed by atoms with Crippen LogP contribution in [0.4, 0.5) is 5.69 Å². The Balaban J connectivity index is 0.00000129. The summed E-state index contributed by atoms with van der Waals surface area (Å²) >= 11 is 0. The lowest BCUT2D eigenvalue weighted by atomic mass is 10.0. The summed E-state index contributed by atoms with van der Waals surface area (Å²) in [6, 6.07) is 7.68. The van der Waals surface area contributed by atoms with Crippen molar-refractivity contribution in [3.8, 4) is 0 Å². The average molecular weight is 472 g/mol. The third-order valence-electron chi connectivity index (χ3n) is 5.77. The van der Waals surface area contributed by atoms with Gasteiger partial charge >= 0.3 is 0 Å². The molecule has 1 saturated heterocycles. The van der Waals surface area contributed by atoms with Gasteiger partial charge in [-0.1, -0.05) is 19.9 Å². The number of benzene rings is 1. The topological polar surface area (TPSA) is 141 Å². The van der Waals surface area contributed by atoms with Crippen LogP contribution in [0.3, 0.4) is 0 Å². The molecule has 0 radical (unpaired) electrons. The maximum Gasteiger partial charge on any atom is 0.290 e. The predicted octanol–water partition coefficient (Wildman–Crippen LogP) is 1.61. The lowest BCUT2D eigenvalue weighted by Gasteiger charge is -2.31. The normalized spacial score (nSPS) is 16.9. The van der Waals surface area contributed by atoms with Gasteiger partial charge in [0.1, 0.15) is 12.1 Å². The number of carbonyl (C=O) groups excluding carboxylic acids is 3. The van der Waals surface area contributed by atoms with Crippen LogP contribution in [0.25, 0.3) is 10.9 Å². The molecule has 1 aliphatic heterocycles. The first-order valence-corrected chi connectivity index (χ1v) is 11.2. The highest BCUT2D eigenvalue weighted by atomic mass is 16.3. The van der Waals surface area contributed by atoms with Gasteiger partial charge in [0.2, 0.25) is 17.7 Å². The van der Waals surface area contributed by atoms with Crippen LogP contribution >= 0.6 is 0 Å². The van der Waals surface area contributed by atoms with E-state index in [1.54, 1.807) is 25.1 Å². The largest absolute Gasteiger partial charge is 0.483 e. The predicted molar refractivity (Wildman–Crippen MR) is 129 cm³/mol. The number of rotatable bonds is 7. The second-order valence-corrected chi connectivity index (χ2v) is 8.44. The van der Waals surface area contributed by atoms with Crippen molar-refractivity contribution >= 4 is 40.8 Å². The van der Waals surface area contributed by atoms with Crippen molar-refractivity contribution < 1.29 is 24.3 Å². The van der Waals surface area contributed by atoms with Crippen LogP contribution in [0, 0.1) is 5.92 Å². The Kier molecular flexibility index (Phi) is 9.93. The second-order valence-electron chi connectivity index (χ2n) is 8.44. The van der Waals surface area contributed by atoms with E-state index in [4.69, 9.17) is 9.90 Å². The SMILES string of the molecule is CNC(C)C(=O)NC(C(=O)N1CCCC1C(=O)Nc1ccc2ncccc2c1)C(C)C.O=CO. The lowest BCUT2D eigenvalue weighted by molar-refractivity contribution is -0.141. The monoisotopic (exact) mass is 471 g/mol. The van der Waals surface area contributed by atoms with Gasteiger partial charge in [-0.3, -0.25) is 24.2 Å². The summed E-state index contributed by atoms with van der Waals surface area (Å²) in [5.41, 5.74) is 1.52. The fourth-order valence-electron chi connectivity index (χ4n) is 3.78. The van der Waals surface area contributed by atoms with E-state index in [1.165, 1.54) is 0 Å². The first kappa shape index (κ1) is 26.7. The molecule has 34 heavy (non-hydrogen) atoms. The maximum absolute atomic E-state index is 13.3. The summed E-state index contributed by atoms with van der Waals surface area (Å²) in [5, 5.41) is 16.5. The zero-order valence-electron chi connectivity index (χ0n) is 19.9. The number of hydrogen-bond acceptors (Lipinski definition) is 6. The van der Waals surface area contributed by atoms with E-state index in [2.05, 4.69) is 20.9 Å². The van der Waals surface area contributed by atoms with Crippen LogP contribution in [-0.4, -0.2) is 70.9 Å². The van der Waals surface area contributed by atoms with E-state index in [9.17, 15) is 14.4 Å². The minimum atomic E-state index is -0.677. The zero-order chi connectivity index (χ0) is 25.3. The van der Waals surface area contributed by atoms with Gasteiger partial charge in [-0.25, -0.2) is 0 Å². The highest BCUT2D eigenvalue weighted by molar-refractivity contribution is 6.00. The Hall–Kier alpha value is -3.53. The van der Waals surface area contributed by atoms with Crippen LogP contribution in [0.1, 0.15) is 33.6 Å². The maximum atomic E-state index is 13.3. The summed E-state index contributed by atoms with van der Waals surface area (Å²) in [4.78, 5) is 52.9. The van der Waals surface area contributed by atoms with E-state index < -0.39 is 18.1 Å². The lowest BCUT2D eigenvalue weighted by Crippen LogP contribution is -2.56. The number of pyridine rings is 1. The molecule has 4 N–H and O–H groups in total. The van der Waals surface area contributed by atoms with Crippen LogP contribution in [0.2, 0.25) is 0 Å². The Morgan fingerprint density at radius 2 is 1.91 bits per heavy atom. The van der Waals surface area contributed by atoms with Crippen molar-refractivity contribution in [2.75, 3.05) is 18.9 Å². The van der Waals surface area contributed by atoms with Gasteiger partial charge in [0, 0.05) is 23.8 Å². The molecule has 0 aliphatic carbocycles. The van der Waals surface area contributed by atoms with E-state index in [-0.39, 0.29) is 30.1 Å². The van der Waals surface area contributed by atoms with Crippen molar-refractivity contribution in [2.24, 2.45) is 5.92 Å². The zero-order valence-corrected chi connectivity index (χ0v) is 19.9. The van der Waals surface area contributed by atoms with Gasteiger partial charge in [0.05, 0.1) is 11.6 Å². The molecule has 1 aromatic heterocycles. The van der Waals surface area contributed by atoms with Crippen LogP contribution in [0.5, 0.6) is 0 Å². The van der Waals surface area contributed by atoms with E-state index in [0.717, 1.165) is 17.3 Å². The number of hydrogen-bond donors (Lipinski definition) is 4. The Labute approximate surface area is 199 Å². The van der Waals surface area contributed by atoms with E-state index in [1.807, 2.05) is 44.2 Å². The Morgan fingerprint density at radius 3 is 2.56 bits per heavy atom. The van der Waals surface area contributed by atoms with Crippen molar-refractivity contribution in [2.45, 2.75) is 51.7 Å². The molecule has 1 fully saturated rings. The number of carboxylic acid groups (broad SMARTS) is 1. The molecule has 0 spiro atoms. The third-order valence-corrected chi connectivity index (χ3v) is 5.77. The van der Waals surface area contributed by atoms with Gasteiger partial charge in [-0.15, -0.1) is 0 Å². The molecule has 3 unspecified atom stereocenters. The summed E-state index contributed by atoms with van der Waals surface area (Å²) in [7, 11) is 1.69. The van der Waals surface area contributed by atoms with Crippen molar-refractivity contribution in [3.05, 3.63) is 36.5 Å². The summed E-state index contributed by atoms with van der Waals surface area (Å²) in [6.45, 7) is 5.77. The molecule has 1 aliphatic rings. The van der Waals surface area contributed by atoms with Crippen molar-refractivity contribution in [3.63, 3.8) is 0 Å². The average Bonchev–Trinajstić information content (AvgIpc) is 3.32. The second kappa shape index (κ2) is 12.6. The van der Waals surface area contributed by atoms with Gasteiger partial charge in [0.15, 0.2) is 0 Å². The Morgan fingerprint density at radius 1 is 1.21 bits per heavy atom. The molecule has 2 heterocycles. The highest BCUT2D eigenvalue weighted by Crippen LogP contribution is 2.23. The Bertz CT molecular complexity index is 1010. The number of nitrogens with one attached hydrogen (secondary N) is 3. The van der Waals surface area contributed by atoms with Crippen LogP contribution in [-0.2, 0) is 19.2 Å². The van der Waals surface area contributed by atoms with Crippen molar-refractivity contribution in [1.82, 2.24) is 20.5 Å². The molecule has 0 saturated carbocycles. The first-order chi connectivity index (χ1) is 16.2. The molecule has 3 amide bonds. The summed E-state index contributed by atoms with van der Waals surface area (Å²) in [6.07, 6.45) is 3.07. The smallest absolute Gasteiger partial charge is 0.290 e. The molecule has 0 bridgehead atoms. The standard InChI is InChI=1S/C23H31N5O3.CH2O2/c1-14(2)20(27-21(29)15(3)24-4)23(31)28-12-6-8-19(28)22(30)26-17-9-10-18-16(13-17)7-5-11-25-18;2-1-3/h5,7,9-11,13-15,19-20,24H,6,8,12H2,1-4H3,(H,26,30)(H,27,29);1H,(H,2,3). The fourth-order valence-corrected chi connectivity index (χ4v) is 3.78. The van der Waals surface area contributed by atoms with E-state index in [0.29, 0.717) is 18.7 Å². The highest BCUT2D eigenvalue weighted by Gasteiger charge is 2.38. The molecule has 1 aromatic carbocycles. The molecular formula is C24H33N5O5. The number of aromatic nitrogens is 1. The number of likely N-dealkylation sites (N-methyl/N-ethyl adjacent to an activating group) is 1. The van der Waals surface area contributed by atoms with Crippen molar-refractivity contribution in [1.29, 1.82) is 0 Å². The molecule has 3 atom stereocenters. The quantitative estimate of drug-likeness (QED) is 0.450. The fraction of sp³-hybridized carbons (Fsp3) is 0.458. The number of carbonyl (C=O) groups is 4. The number of nitrogens with zero attached hydrogens (tertiary/aromatic N) is 2. The van der Waals surface area contributed by atoms with Crippen LogP contribution in [0.15, 0.2) is 36.5 Å². The van der Waals surface area contributed by atoms with Gasteiger partial charge in [0.25, 0.3) is 6.47 Å².